The fourth-order valence-electron chi connectivity index (χ4n) is 2.07. The van der Waals surface area contributed by atoms with Crippen LogP contribution in [0.15, 0.2) is 11.6 Å². The molecule has 0 aromatic carbocycles. The van der Waals surface area contributed by atoms with Crippen LogP contribution in [0.3, 0.4) is 0 Å². The summed E-state index contributed by atoms with van der Waals surface area (Å²) in [5.74, 6) is -2.40. The molecule has 0 N–H and O–H groups in total. The molecule has 0 atom stereocenters. The smallest absolute Gasteiger partial charge is 0.320 e. The maximum atomic E-state index is 12.4. The fourth-order valence-corrected chi connectivity index (χ4v) is 2.07. The van der Waals surface area contributed by atoms with Crippen molar-refractivity contribution < 1.29 is 28.6 Å². The van der Waals surface area contributed by atoms with Crippen LogP contribution >= 0.6 is 0 Å². The van der Waals surface area contributed by atoms with Gasteiger partial charge in [0.25, 0.3) is 0 Å². The molecule has 0 spiro atoms. The van der Waals surface area contributed by atoms with Crippen LogP contribution in [0.4, 0.5) is 0 Å². The van der Waals surface area contributed by atoms with E-state index in [4.69, 9.17) is 14.2 Å². The summed E-state index contributed by atoms with van der Waals surface area (Å²) in [6.45, 7) is 14.1. The van der Waals surface area contributed by atoms with Crippen molar-refractivity contribution in [2.24, 2.45) is 5.92 Å². The van der Waals surface area contributed by atoms with Gasteiger partial charge in [-0.2, -0.15) is 0 Å². The molecular weight excluding hydrogens is 336 g/mol. The standard InChI is InChI=1S/C20H34O6/c1-14(12-13-24-15(2)21)10-9-11-16(17(22)25-19(3,4)5)18(23)26-20(6,7)8/h12,16H,9-11,13H2,1-8H3/b14-12+. The van der Waals surface area contributed by atoms with Gasteiger partial charge in [0.1, 0.15) is 17.8 Å². The van der Waals surface area contributed by atoms with Gasteiger partial charge in [0.2, 0.25) is 0 Å². The van der Waals surface area contributed by atoms with Gasteiger partial charge < -0.3 is 14.2 Å². The normalized spacial score (nSPS) is 12.7. The molecule has 0 bridgehead atoms. The van der Waals surface area contributed by atoms with Gasteiger partial charge in [-0.1, -0.05) is 5.57 Å². The molecule has 6 nitrogen and oxygen atoms in total. The Morgan fingerprint density at radius 3 is 1.73 bits per heavy atom. The first-order valence-electron chi connectivity index (χ1n) is 8.96. The number of esters is 3. The third-order valence-corrected chi connectivity index (χ3v) is 3.16. The Balaban J connectivity index is 4.83. The molecule has 0 saturated heterocycles. The van der Waals surface area contributed by atoms with Crippen molar-refractivity contribution in [2.45, 2.75) is 85.9 Å². The SMILES string of the molecule is CC(=O)OC/C=C(\C)CCCC(C(=O)OC(C)(C)C)C(=O)OC(C)(C)C. The lowest BCUT2D eigenvalue weighted by atomic mass is 9.99. The third-order valence-electron chi connectivity index (χ3n) is 3.16. The van der Waals surface area contributed by atoms with Crippen molar-refractivity contribution in [3.63, 3.8) is 0 Å². The molecular formula is C20H34O6. The van der Waals surface area contributed by atoms with Crippen LogP contribution in [0.2, 0.25) is 0 Å². The van der Waals surface area contributed by atoms with E-state index < -0.39 is 29.1 Å². The van der Waals surface area contributed by atoms with Crippen LogP contribution in [0, 0.1) is 5.92 Å². The highest BCUT2D eigenvalue weighted by molar-refractivity contribution is 5.95. The van der Waals surface area contributed by atoms with E-state index in [1.165, 1.54) is 6.92 Å². The summed E-state index contributed by atoms with van der Waals surface area (Å²) < 4.78 is 15.6. The lowest BCUT2D eigenvalue weighted by Gasteiger charge is -2.26. The first-order chi connectivity index (χ1) is 11.7. The van der Waals surface area contributed by atoms with Crippen LogP contribution in [0.1, 0.15) is 74.7 Å². The van der Waals surface area contributed by atoms with Gasteiger partial charge in [0.15, 0.2) is 5.92 Å². The molecule has 26 heavy (non-hydrogen) atoms. The summed E-state index contributed by atoms with van der Waals surface area (Å²) in [5.41, 5.74) is -0.313. The molecule has 6 heteroatoms. The first kappa shape index (κ1) is 24.1. The number of ether oxygens (including phenoxy) is 3. The summed E-state index contributed by atoms with van der Waals surface area (Å²) in [6.07, 6.45) is 3.45. The second-order valence-corrected chi connectivity index (χ2v) is 8.36. The van der Waals surface area contributed by atoms with Gasteiger partial charge in [0, 0.05) is 6.92 Å². The van der Waals surface area contributed by atoms with E-state index in [1.54, 1.807) is 41.5 Å². The predicted octanol–water partition coefficient (Wildman–Crippen LogP) is 3.97. The van der Waals surface area contributed by atoms with Crippen molar-refractivity contribution in [1.82, 2.24) is 0 Å². The van der Waals surface area contributed by atoms with Gasteiger partial charge in [-0.05, 0) is 73.8 Å². The van der Waals surface area contributed by atoms with Crippen LogP contribution in [-0.2, 0) is 28.6 Å². The van der Waals surface area contributed by atoms with Gasteiger partial charge in [0.05, 0.1) is 0 Å². The van der Waals surface area contributed by atoms with Crippen LogP contribution in [0.5, 0.6) is 0 Å². The van der Waals surface area contributed by atoms with E-state index >= 15 is 0 Å². The molecule has 150 valence electrons. The Hall–Kier alpha value is -1.85. The van der Waals surface area contributed by atoms with E-state index in [9.17, 15) is 14.4 Å². The van der Waals surface area contributed by atoms with Gasteiger partial charge in [-0.25, -0.2) is 0 Å². The van der Waals surface area contributed by atoms with E-state index in [1.807, 2.05) is 13.0 Å². The van der Waals surface area contributed by atoms with E-state index in [-0.39, 0.29) is 12.6 Å². The minimum absolute atomic E-state index is 0.225. The first-order valence-corrected chi connectivity index (χ1v) is 8.96. The zero-order valence-electron chi connectivity index (χ0n) is 17.4. The summed E-state index contributed by atoms with van der Waals surface area (Å²) in [5, 5.41) is 0. The molecule has 0 aliphatic carbocycles. The minimum Gasteiger partial charge on any atom is -0.462 e. The number of rotatable bonds is 8. The van der Waals surface area contributed by atoms with Crippen LogP contribution in [-0.4, -0.2) is 35.7 Å². The number of carbonyl (C=O) groups excluding carboxylic acids is 3. The van der Waals surface area contributed by atoms with Crippen molar-refractivity contribution >= 4 is 17.9 Å². The highest BCUT2D eigenvalue weighted by atomic mass is 16.6. The average Bonchev–Trinajstić information content (AvgIpc) is 2.38. The average molecular weight is 370 g/mol. The Morgan fingerprint density at radius 2 is 1.35 bits per heavy atom. The summed E-state index contributed by atoms with van der Waals surface area (Å²) in [7, 11) is 0. The molecule has 0 saturated carbocycles. The molecule has 0 radical (unpaired) electrons. The largest absolute Gasteiger partial charge is 0.462 e. The second-order valence-electron chi connectivity index (χ2n) is 8.36. The highest BCUT2D eigenvalue weighted by Gasteiger charge is 2.34. The maximum absolute atomic E-state index is 12.4. The zero-order valence-corrected chi connectivity index (χ0v) is 17.4. The summed E-state index contributed by atoms with van der Waals surface area (Å²) >= 11 is 0. The molecule has 0 aromatic rings. The topological polar surface area (TPSA) is 78.9 Å². The Kier molecular flexibility index (Phi) is 9.60. The molecule has 0 heterocycles. The molecule has 0 amide bonds. The van der Waals surface area contributed by atoms with E-state index in [0.29, 0.717) is 19.3 Å². The summed E-state index contributed by atoms with van der Waals surface area (Å²) in [4.78, 5) is 35.6. The fraction of sp³-hybridized carbons (Fsp3) is 0.750. The molecule has 0 aliphatic rings. The van der Waals surface area contributed by atoms with E-state index in [0.717, 1.165) is 5.57 Å². The molecule has 0 unspecified atom stereocenters. The molecule has 0 aliphatic heterocycles. The third kappa shape index (κ3) is 12.5. The van der Waals surface area contributed by atoms with Crippen molar-refractivity contribution in [3.05, 3.63) is 11.6 Å². The molecule has 0 rings (SSSR count). The second kappa shape index (κ2) is 10.3. The Morgan fingerprint density at radius 1 is 0.885 bits per heavy atom. The van der Waals surface area contributed by atoms with Crippen LogP contribution in [0.25, 0.3) is 0 Å². The van der Waals surface area contributed by atoms with Crippen molar-refractivity contribution in [1.29, 1.82) is 0 Å². The Bertz CT molecular complexity index is 491. The molecule has 0 aromatic heterocycles. The Labute approximate surface area is 157 Å². The predicted molar refractivity (Wildman–Crippen MR) is 99.4 cm³/mol. The lowest BCUT2D eigenvalue weighted by molar-refractivity contribution is -0.174. The minimum atomic E-state index is -0.949. The number of hydrogen-bond acceptors (Lipinski definition) is 6. The number of hydrogen-bond donors (Lipinski definition) is 0. The van der Waals surface area contributed by atoms with E-state index in [2.05, 4.69) is 0 Å². The van der Waals surface area contributed by atoms with Crippen LogP contribution < -0.4 is 0 Å². The highest BCUT2D eigenvalue weighted by Crippen LogP contribution is 2.21. The van der Waals surface area contributed by atoms with Gasteiger partial charge in [-0.15, -0.1) is 0 Å². The monoisotopic (exact) mass is 370 g/mol. The maximum Gasteiger partial charge on any atom is 0.320 e. The zero-order chi connectivity index (χ0) is 20.5. The number of allylic oxidation sites excluding steroid dienone is 1. The summed E-state index contributed by atoms with van der Waals surface area (Å²) in [6, 6.07) is 0. The van der Waals surface area contributed by atoms with Crippen molar-refractivity contribution in [3.8, 4) is 0 Å². The van der Waals surface area contributed by atoms with Gasteiger partial charge in [-0.3, -0.25) is 14.4 Å². The quantitative estimate of drug-likeness (QED) is 0.278. The molecule has 0 fully saturated rings. The van der Waals surface area contributed by atoms with Crippen molar-refractivity contribution in [2.75, 3.05) is 6.61 Å². The number of carbonyl (C=O) groups is 3. The van der Waals surface area contributed by atoms with Gasteiger partial charge >= 0.3 is 17.9 Å². The lowest BCUT2D eigenvalue weighted by Crippen LogP contribution is -2.36.